The first-order valence-corrected chi connectivity index (χ1v) is 12.0. The van der Waals surface area contributed by atoms with Crippen LogP contribution in [0, 0.1) is 17.6 Å². The molecule has 0 radical (unpaired) electrons. The lowest BCUT2D eigenvalue weighted by Crippen LogP contribution is -2.35. The zero-order chi connectivity index (χ0) is 25.9. The summed E-state index contributed by atoms with van der Waals surface area (Å²) >= 11 is 0. The van der Waals surface area contributed by atoms with E-state index in [-0.39, 0.29) is 45.8 Å². The Balaban J connectivity index is 1.37. The Morgan fingerprint density at radius 3 is 2.70 bits per heavy atom. The van der Waals surface area contributed by atoms with Gasteiger partial charge in [0.05, 0.1) is 28.6 Å². The molecule has 7 nitrogen and oxygen atoms in total. The van der Waals surface area contributed by atoms with Crippen molar-refractivity contribution in [1.82, 2.24) is 14.9 Å². The number of carbonyl (C=O) groups is 2. The Morgan fingerprint density at radius 1 is 1.14 bits per heavy atom. The smallest absolute Gasteiger partial charge is 0.245 e. The van der Waals surface area contributed by atoms with E-state index in [1.807, 2.05) is 0 Å². The van der Waals surface area contributed by atoms with E-state index in [0.717, 1.165) is 18.2 Å². The molecule has 3 aromatic rings. The fourth-order valence-electron chi connectivity index (χ4n) is 5.88. The second kappa shape index (κ2) is 8.40. The van der Waals surface area contributed by atoms with Crippen molar-refractivity contribution in [3.63, 3.8) is 0 Å². The number of hydrogen-bond donors (Lipinski definition) is 1. The zero-order valence-corrected chi connectivity index (χ0v) is 19.8. The molecule has 37 heavy (non-hydrogen) atoms. The first-order chi connectivity index (χ1) is 17.8. The molecule has 0 bridgehead atoms. The van der Waals surface area contributed by atoms with Gasteiger partial charge in [0.1, 0.15) is 23.8 Å². The highest BCUT2D eigenvalue weighted by Gasteiger charge is 2.65. The van der Waals surface area contributed by atoms with E-state index >= 15 is 4.39 Å². The number of rotatable bonds is 5. The standard InChI is InChI=1S/C28H23F2N5O2/c1-2-22(36)35-10-9-16(13-35)28-12-21(28)34-24(23-26(28)32-14-33-27(23)31)17-8-7-15(11-20(17)30)25(37)18-5-3-4-6-19(18)29/h2-8,11,14,16,21H,1,9-10,12-13H2,(H2,31,32,33). The SMILES string of the molecule is C=CC(=O)N1CCC(C23CC2N=C(c2ccc(C(=O)c4ccccc4F)cc2F)c2c(N)ncnc23)C1. The van der Waals surface area contributed by atoms with Crippen LogP contribution in [0.25, 0.3) is 0 Å². The van der Waals surface area contributed by atoms with E-state index in [1.54, 1.807) is 11.0 Å². The molecule has 3 atom stereocenters. The highest BCUT2D eigenvalue weighted by Crippen LogP contribution is 2.61. The number of anilines is 1. The number of likely N-dealkylation sites (tertiary alicyclic amines) is 1. The number of carbonyl (C=O) groups excluding carboxylic acids is 2. The van der Waals surface area contributed by atoms with Crippen LogP contribution >= 0.6 is 0 Å². The molecule has 1 saturated carbocycles. The van der Waals surface area contributed by atoms with E-state index in [1.165, 1.54) is 42.7 Å². The van der Waals surface area contributed by atoms with E-state index < -0.39 is 17.4 Å². The van der Waals surface area contributed by atoms with Gasteiger partial charge in [-0.25, -0.2) is 18.7 Å². The number of aliphatic imine (C=N–C) groups is 1. The van der Waals surface area contributed by atoms with Crippen LogP contribution in [0.3, 0.4) is 0 Å². The molecule has 1 aromatic heterocycles. The van der Waals surface area contributed by atoms with Gasteiger partial charge in [-0.1, -0.05) is 24.8 Å². The molecular weight excluding hydrogens is 476 g/mol. The van der Waals surface area contributed by atoms with Crippen LogP contribution in [0.2, 0.25) is 0 Å². The second-order valence-corrected chi connectivity index (χ2v) is 9.70. The van der Waals surface area contributed by atoms with E-state index in [0.29, 0.717) is 30.8 Å². The average Bonchev–Trinajstić information content (AvgIpc) is 3.44. The Labute approximate surface area is 211 Å². The van der Waals surface area contributed by atoms with Gasteiger partial charge >= 0.3 is 0 Å². The summed E-state index contributed by atoms with van der Waals surface area (Å²) in [4.78, 5) is 40.4. The molecular formula is C28H23F2N5O2. The van der Waals surface area contributed by atoms with Crippen molar-refractivity contribution in [3.05, 3.63) is 101 Å². The molecule has 2 aliphatic heterocycles. The topological polar surface area (TPSA) is 102 Å². The van der Waals surface area contributed by atoms with Crippen LogP contribution < -0.4 is 5.73 Å². The van der Waals surface area contributed by atoms with E-state index in [2.05, 4.69) is 16.5 Å². The van der Waals surface area contributed by atoms with Crippen molar-refractivity contribution in [2.45, 2.75) is 24.3 Å². The van der Waals surface area contributed by atoms with Crippen molar-refractivity contribution < 1.29 is 18.4 Å². The highest BCUT2D eigenvalue weighted by molar-refractivity contribution is 6.18. The number of nitrogen functional groups attached to an aromatic ring is 1. The maximum absolute atomic E-state index is 15.5. The van der Waals surface area contributed by atoms with E-state index in [9.17, 15) is 14.0 Å². The second-order valence-electron chi connectivity index (χ2n) is 9.70. The highest BCUT2D eigenvalue weighted by atomic mass is 19.1. The Kier molecular flexibility index (Phi) is 5.25. The Hall–Kier alpha value is -4.27. The third-order valence-corrected chi connectivity index (χ3v) is 7.81. The van der Waals surface area contributed by atoms with Crippen molar-refractivity contribution in [2.75, 3.05) is 18.8 Å². The number of ketones is 1. The number of nitrogens with two attached hydrogens (primary N) is 1. The number of benzene rings is 2. The monoisotopic (exact) mass is 499 g/mol. The van der Waals surface area contributed by atoms with Gasteiger partial charge in [0.2, 0.25) is 5.91 Å². The van der Waals surface area contributed by atoms with Gasteiger partial charge < -0.3 is 10.6 Å². The first-order valence-electron chi connectivity index (χ1n) is 12.0. The van der Waals surface area contributed by atoms with Crippen LogP contribution in [-0.2, 0) is 10.2 Å². The average molecular weight is 500 g/mol. The number of aromatic nitrogens is 2. The van der Waals surface area contributed by atoms with Crippen LogP contribution in [-0.4, -0.2) is 51.4 Å². The minimum absolute atomic E-state index is 0.0268. The van der Waals surface area contributed by atoms with Crippen molar-refractivity contribution in [2.24, 2.45) is 10.9 Å². The van der Waals surface area contributed by atoms with Gasteiger partial charge in [0.25, 0.3) is 0 Å². The van der Waals surface area contributed by atoms with Crippen molar-refractivity contribution >= 4 is 23.2 Å². The molecule has 2 N–H and O–H groups in total. The van der Waals surface area contributed by atoms with Crippen LogP contribution in [0.1, 0.15) is 45.6 Å². The Morgan fingerprint density at radius 2 is 1.95 bits per heavy atom. The van der Waals surface area contributed by atoms with Crippen LogP contribution in [0.5, 0.6) is 0 Å². The number of fused-ring (bicyclic) bond motifs is 3. The largest absolute Gasteiger partial charge is 0.383 e. The fraction of sp³-hybridized carbons (Fsp3) is 0.250. The summed E-state index contributed by atoms with van der Waals surface area (Å²) in [6.45, 7) is 4.78. The summed E-state index contributed by atoms with van der Waals surface area (Å²) in [5, 5.41) is 0. The van der Waals surface area contributed by atoms with Gasteiger partial charge in [-0.15, -0.1) is 0 Å². The summed E-state index contributed by atoms with van der Waals surface area (Å²) in [6, 6.07) is 9.47. The molecule has 1 amide bonds. The third kappa shape index (κ3) is 3.48. The number of amides is 1. The lowest BCUT2D eigenvalue weighted by atomic mass is 9.79. The van der Waals surface area contributed by atoms with E-state index in [4.69, 9.17) is 10.7 Å². The zero-order valence-electron chi connectivity index (χ0n) is 19.8. The van der Waals surface area contributed by atoms with Gasteiger partial charge in [-0.2, -0.15) is 0 Å². The molecule has 2 fully saturated rings. The number of halogens is 2. The van der Waals surface area contributed by atoms with Gasteiger partial charge in [-0.05, 0) is 49.1 Å². The predicted octanol–water partition coefficient (Wildman–Crippen LogP) is 3.46. The molecule has 1 aliphatic carbocycles. The maximum atomic E-state index is 15.5. The minimum Gasteiger partial charge on any atom is -0.383 e. The third-order valence-electron chi connectivity index (χ3n) is 7.81. The maximum Gasteiger partial charge on any atom is 0.245 e. The lowest BCUT2D eigenvalue weighted by Gasteiger charge is -2.29. The molecule has 2 aromatic carbocycles. The molecule has 3 heterocycles. The minimum atomic E-state index is -0.674. The van der Waals surface area contributed by atoms with Crippen molar-refractivity contribution in [3.8, 4) is 0 Å². The summed E-state index contributed by atoms with van der Waals surface area (Å²) in [5.41, 5.74) is 7.52. The summed E-state index contributed by atoms with van der Waals surface area (Å²) in [5.74, 6) is -1.74. The molecule has 1 saturated heterocycles. The Bertz CT molecular complexity index is 1520. The van der Waals surface area contributed by atoms with Gasteiger partial charge in [0.15, 0.2) is 5.78 Å². The van der Waals surface area contributed by atoms with Crippen LogP contribution in [0.15, 0.2) is 66.4 Å². The number of hydrogen-bond acceptors (Lipinski definition) is 6. The summed E-state index contributed by atoms with van der Waals surface area (Å²) < 4.78 is 29.6. The molecule has 9 heteroatoms. The van der Waals surface area contributed by atoms with Crippen molar-refractivity contribution in [1.29, 1.82) is 0 Å². The van der Waals surface area contributed by atoms with Gasteiger partial charge in [0, 0.05) is 29.6 Å². The number of nitrogens with zero attached hydrogens (tertiary/aromatic N) is 4. The van der Waals surface area contributed by atoms with Gasteiger partial charge in [-0.3, -0.25) is 14.6 Å². The quantitative estimate of drug-likeness (QED) is 0.428. The molecule has 0 spiro atoms. The normalized spacial score (nSPS) is 23.6. The molecule has 3 aliphatic rings. The molecule has 6 rings (SSSR count). The summed E-state index contributed by atoms with van der Waals surface area (Å²) in [7, 11) is 0. The first kappa shape index (κ1) is 23.1. The summed E-state index contributed by atoms with van der Waals surface area (Å²) in [6.07, 6.45) is 4.24. The predicted molar refractivity (Wildman–Crippen MR) is 133 cm³/mol. The lowest BCUT2D eigenvalue weighted by molar-refractivity contribution is -0.125. The molecule has 3 unspecified atom stereocenters. The molecule has 186 valence electrons. The van der Waals surface area contributed by atoms with Crippen LogP contribution in [0.4, 0.5) is 14.6 Å². The fourth-order valence-corrected chi connectivity index (χ4v) is 5.88.